The van der Waals surface area contributed by atoms with Gasteiger partial charge in [0, 0.05) is 51.0 Å². The van der Waals surface area contributed by atoms with Crippen LogP contribution in [-0.2, 0) is 4.74 Å². The number of carbonyl (C=O) groups is 1. The van der Waals surface area contributed by atoms with Gasteiger partial charge in [-0.15, -0.1) is 0 Å². The highest BCUT2D eigenvalue weighted by Crippen LogP contribution is 2.13. The van der Waals surface area contributed by atoms with Gasteiger partial charge >= 0.3 is 0 Å². The SMILES string of the molecule is CCOC[C@H](O)CN1CCN(C(=O)c2cc(F)cc(F)c2)CC1. The van der Waals surface area contributed by atoms with Crippen molar-refractivity contribution in [3.8, 4) is 0 Å². The Labute approximate surface area is 134 Å². The van der Waals surface area contributed by atoms with E-state index in [4.69, 9.17) is 4.74 Å². The van der Waals surface area contributed by atoms with Crippen molar-refractivity contribution in [1.82, 2.24) is 9.80 Å². The lowest BCUT2D eigenvalue weighted by atomic mass is 10.1. The summed E-state index contributed by atoms with van der Waals surface area (Å²) in [6.45, 7) is 5.32. The first-order valence-corrected chi connectivity index (χ1v) is 7.73. The second kappa shape index (κ2) is 8.33. The van der Waals surface area contributed by atoms with Crippen molar-refractivity contribution in [3.05, 3.63) is 35.4 Å². The molecule has 0 spiro atoms. The molecule has 1 saturated heterocycles. The van der Waals surface area contributed by atoms with E-state index in [9.17, 15) is 18.7 Å². The lowest BCUT2D eigenvalue weighted by molar-refractivity contribution is 0.0111. The molecule has 1 aromatic rings. The zero-order valence-corrected chi connectivity index (χ0v) is 13.2. The van der Waals surface area contributed by atoms with Crippen molar-refractivity contribution >= 4 is 5.91 Å². The third kappa shape index (κ3) is 5.23. The largest absolute Gasteiger partial charge is 0.389 e. The van der Waals surface area contributed by atoms with Crippen LogP contribution < -0.4 is 0 Å². The molecule has 5 nitrogen and oxygen atoms in total. The van der Waals surface area contributed by atoms with Crippen LogP contribution in [0.1, 0.15) is 17.3 Å². The Hall–Kier alpha value is -1.57. The smallest absolute Gasteiger partial charge is 0.254 e. The molecule has 0 saturated carbocycles. The molecular formula is C16H22F2N2O3. The van der Waals surface area contributed by atoms with Crippen molar-refractivity contribution in [2.75, 3.05) is 45.9 Å². The third-order valence-corrected chi connectivity index (χ3v) is 3.75. The molecule has 1 heterocycles. The molecule has 0 radical (unpaired) electrons. The van der Waals surface area contributed by atoms with Crippen molar-refractivity contribution in [3.63, 3.8) is 0 Å². The predicted molar refractivity (Wildman–Crippen MR) is 81.2 cm³/mol. The van der Waals surface area contributed by atoms with Gasteiger partial charge in [0.15, 0.2) is 0 Å². The molecule has 0 bridgehead atoms. The van der Waals surface area contributed by atoms with Crippen LogP contribution in [0.4, 0.5) is 8.78 Å². The summed E-state index contributed by atoms with van der Waals surface area (Å²) >= 11 is 0. The van der Waals surface area contributed by atoms with E-state index in [2.05, 4.69) is 0 Å². The first kappa shape index (κ1) is 17.8. The van der Waals surface area contributed by atoms with E-state index in [0.717, 1.165) is 18.2 Å². The molecular weight excluding hydrogens is 306 g/mol. The first-order valence-electron chi connectivity index (χ1n) is 7.73. The molecule has 128 valence electrons. The molecule has 2 rings (SSSR count). The van der Waals surface area contributed by atoms with Gasteiger partial charge in [0.05, 0.1) is 12.7 Å². The maximum Gasteiger partial charge on any atom is 0.254 e. The van der Waals surface area contributed by atoms with E-state index < -0.39 is 17.7 Å². The molecule has 23 heavy (non-hydrogen) atoms. The van der Waals surface area contributed by atoms with Crippen LogP contribution in [0.2, 0.25) is 0 Å². The van der Waals surface area contributed by atoms with Crippen LogP contribution in [0.5, 0.6) is 0 Å². The van der Waals surface area contributed by atoms with Crippen LogP contribution in [-0.4, -0.2) is 72.9 Å². The number of carbonyl (C=O) groups excluding carboxylic acids is 1. The van der Waals surface area contributed by atoms with Crippen molar-refractivity contribution < 1.29 is 23.4 Å². The number of hydrogen-bond acceptors (Lipinski definition) is 4. The van der Waals surface area contributed by atoms with Gasteiger partial charge in [0.2, 0.25) is 0 Å². The lowest BCUT2D eigenvalue weighted by Gasteiger charge is -2.35. The van der Waals surface area contributed by atoms with Gasteiger partial charge in [-0.1, -0.05) is 0 Å². The second-order valence-electron chi connectivity index (χ2n) is 5.56. The number of ether oxygens (including phenoxy) is 1. The summed E-state index contributed by atoms with van der Waals surface area (Å²) in [6, 6.07) is 2.84. The van der Waals surface area contributed by atoms with E-state index in [-0.39, 0.29) is 18.1 Å². The fourth-order valence-corrected chi connectivity index (χ4v) is 2.60. The number of nitrogens with zero attached hydrogens (tertiary/aromatic N) is 2. The highest BCUT2D eigenvalue weighted by Gasteiger charge is 2.24. The molecule has 0 unspecified atom stereocenters. The summed E-state index contributed by atoms with van der Waals surface area (Å²) in [4.78, 5) is 15.9. The monoisotopic (exact) mass is 328 g/mol. The Morgan fingerprint density at radius 3 is 2.39 bits per heavy atom. The zero-order chi connectivity index (χ0) is 16.8. The summed E-state index contributed by atoms with van der Waals surface area (Å²) in [5.74, 6) is -1.89. The number of amides is 1. The van der Waals surface area contributed by atoms with Gasteiger partial charge < -0.3 is 14.7 Å². The minimum atomic E-state index is -0.758. The first-order chi connectivity index (χ1) is 11.0. The van der Waals surface area contributed by atoms with Gasteiger partial charge in [-0.05, 0) is 19.1 Å². The molecule has 1 amide bonds. The average molecular weight is 328 g/mol. The molecule has 7 heteroatoms. The topological polar surface area (TPSA) is 53.0 Å². The number of halogens is 2. The number of aliphatic hydroxyl groups excluding tert-OH is 1. The normalized spacial score (nSPS) is 17.3. The number of rotatable bonds is 6. The average Bonchev–Trinajstić information content (AvgIpc) is 2.52. The quantitative estimate of drug-likeness (QED) is 0.850. The number of β-amino-alcohol motifs (C(OH)–C–C–N with tert-alkyl or cyclic N) is 1. The summed E-state index contributed by atoms with van der Waals surface area (Å²) in [7, 11) is 0. The molecule has 1 fully saturated rings. The van der Waals surface area contributed by atoms with Gasteiger partial charge in [-0.3, -0.25) is 9.69 Å². The summed E-state index contributed by atoms with van der Waals surface area (Å²) in [5, 5.41) is 9.82. The zero-order valence-electron chi connectivity index (χ0n) is 13.2. The van der Waals surface area contributed by atoms with Crippen molar-refractivity contribution in [2.45, 2.75) is 13.0 Å². The molecule has 0 aliphatic carbocycles. The fourth-order valence-electron chi connectivity index (χ4n) is 2.60. The maximum atomic E-state index is 13.2. The Morgan fingerprint density at radius 2 is 1.83 bits per heavy atom. The second-order valence-corrected chi connectivity index (χ2v) is 5.56. The number of hydrogen-bond donors (Lipinski definition) is 1. The lowest BCUT2D eigenvalue weighted by Crippen LogP contribution is -2.50. The fraction of sp³-hybridized carbons (Fsp3) is 0.562. The van der Waals surface area contributed by atoms with Crippen LogP contribution in [0.15, 0.2) is 18.2 Å². The Balaban J connectivity index is 1.85. The van der Waals surface area contributed by atoms with Crippen molar-refractivity contribution in [1.29, 1.82) is 0 Å². The van der Waals surface area contributed by atoms with E-state index in [1.807, 2.05) is 11.8 Å². The highest BCUT2D eigenvalue weighted by atomic mass is 19.1. The van der Waals surface area contributed by atoms with E-state index in [1.54, 1.807) is 4.90 Å². The van der Waals surface area contributed by atoms with E-state index in [0.29, 0.717) is 39.3 Å². The Kier molecular flexibility index (Phi) is 6.44. The number of benzene rings is 1. The highest BCUT2D eigenvalue weighted by molar-refractivity contribution is 5.94. The predicted octanol–water partition coefficient (Wildman–Crippen LogP) is 1.12. The number of aliphatic hydroxyl groups is 1. The van der Waals surface area contributed by atoms with Crippen LogP contribution in [0.3, 0.4) is 0 Å². The van der Waals surface area contributed by atoms with E-state index in [1.165, 1.54) is 0 Å². The van der Waals surface area contributed by atoms with Gasteiger partial charge in [-0.25, -0.2) is 8.78 Å². The van der Waals surface area contributed by atoms with Gasteiger partial charge in [-0.2, -0.15) is 0 Å². The maximum absolute atomic E-state index is 13.2. The molecule has 0 aromatic heterocycles. The molecule has 1 atom stereocenters. The third-order valence-electron chi connectivity index (χ3n) is 3.75. The minimum absolute atomic E-state index is 0.0207. The number of piperazine rings is 1. The Bertz CT molecular complexity index is 514. The Morgan fingerprint density at radius 1 is 1.22 bits per heavy atom. The standard InChI is InChI=1S/C16H22F2N2O3/c1-2-23-11-15(21)10-19-3-5-20(6-4-19)16(22)12-7-13(17)9-14(18)8-12/h7-9,15,21H,2-6,10-11H2,1H3/t15-/m1/s1. The minimum Gasteiger partial charge on any atom is -0.389 e. The summed E-state index contributed by atoms with van der Waals surface area (Å²) in [6.07, 6.45) is -0.561. The van der Waals surface area contributed by atoms with Gasteiger partial charge in [0.1, 0.15) is 11.6 Å². The summed E-state index contributed by atoms with van der Waals surface area (Å²) < 4.78 is 31.6. The van der Waals surface area contributed by atoms with Gasteiger partial charge in [0.25, 0.3) is 5.91 Å². The van der Waals surface area contributed by atoms with Crippen molar-refractivity contribution in [2.24, 2.45) is 0 Å². The van der Waals surface area contributed by atoms with Crippen LogP contribution in [0.25, 0.3) is 0 Å². The molecule has 1 aromatic carbocycles. The molecule has 1 N–H and O–H groups in total. The van der Waals surface area contributed by atoms with E-state index >= 15 is 0 Å². The summed E-state index contributed by atoms with van der Waals surface area (Å²) in [5.41, 5.74) is 0.0207. The molecule has 1 aliphatic rings. The van der Waals surface area contributed by atoms with Crippen LogP contribution >= 0.6 is 0 Å². The molecule has 1 aliphatic heterocycles. The van der Waals surface area contributed by atoms with Crippen LogP contribution in [0, 0.1) is 11.6 Å².